The van der Waals surface area contributed by atoms with Gasteiger partial charge in [-0.1, -0.05) is 12.1 Å². The van der Waals surface area contributed by atoms with E-state index in [1.165, 1.54) is 6.07 Å². The zero-order valence-electron chi connectivity index (χ0n) is 15.1. The first kappa shape index (κ1) is 19.1. The van der Waals surface area contributed by atoms with Gasteiger partial charge in [-0.25, -0.2) is 8.78 Å². The van der Waals surface area contributed by atoms with E-state index in [4.69, 9.17) is 0 Å². The van der Waals surface area contributed by atoms with E-state index in [2.05, 4.69) is 20.0 Å². The Morgan fingerprint density at radius 2 is 2.00 bits per heavy atom. The number of hydrogen-bond acceptors (Lipinski definition) is 5. The Morgan fingerprint density at radius 1 is 1.17 bits per heavy atom. The van der Waals surface area contributed by atoms with Crippen LogP contribution in [0, 0.1) is 17.6 Å². The van der Waals surface area contributed by atoms with Gasteiger partial charge < -0.3 is 10.6 Å². The number of anilines is 1. The van der Waals surface area contributed by atoms with Crippen LogP contribution in [0.2, 0.25) is 0 Å². The topological polar surface area (TPSA) is 84.0 Å². The zero-order valence-corrected chi connectivity index (χ0v) is 15.9. The van der Waals surface area contributed by atoms with E-state index in [1.807, 2.05) is 0 Å². The van der Waals surface area contributed by atoms with Gasteiger partial charge in [0.25, 0.3) is 5.91 Å². The third-order valence-corrected chi connectivity index (χ3v) is 5.30. The smallest absolute Gasteiger partial charge is 0.265 e. The molecule has 1 aromatic carbocycles. The summed E-state index contributed by atoms with van der Waals surface area (Å²) < 4.78 is 31.2. The van der Waals surface area contributed by atoms with Crippen molar-refractivity contribution in [3.05, 3.63) is 64.7 Å². The highest BCUT2D eigenvalue weighted by molar-refractivity contribution is 7.09. The fourth-order valence-electron chi connectivity index (χ4n) is 2.73. The molecular formula is C20H16F2N4O2S. The average Bonchev–Trinajstić information content (AvgIpc) is 3.49. The Morgan fingerprint density at radius 3 is 2.69 bits per heavy atom. The number of benzene rings is 1. The number of carbonyl (C=O) groups is 2. The van der Waals surface area contributed by atoms with Crippen molar-refractivity contribution in [1.29, 1.82) is 0 Å². The van der Waals surface area contributed by atoms with Crippen molar-refractivity contribution in [3.8, 4) is 11.4 Å². The van der Waals surface area contributed by atoms with Gasteiger partial charge in [0.05, 0.1) is 11.4 Å². The van der Waals surface area contributed by atoms with Crippen LogP contribution in [0.3, 0.4) is 0 Å². The number of nitrogens with zero attached hydrogens (tertiary/aromatic N) is 2. The summed E-state index contributed by atoms with van der Waals surface area (Å²) in [5, 5.41) is 5.40. The van der Waals surface area contributed by atoms with Gasteiger partial charge in [-0.2, -0.15) is 4.37 Å². The number of rotatable bonds is 6. The molecule has 1 fully saturated rings. The standard InChI is InChI=1S/C20H16F2N4O2S/c21-13-7-6-12(14(22)9-13)10-24-20(28)18-17(25-19(27)11-4-5-11)16(26-29-18)15-3-1-2-8-23-15/h1-3,6-9,11H,4-5,10H2,(H,24,28)(H,25,27). The maximum atomic E-state index is 13.8. The molecule has 0 atom stereocenters. The molecule has 0 unspecified atom stereocenters. The summed E-state index contributed by atoms with van der Waals surface area (Å²) in [7, 11) is 0. The molecule has 9 heteroatoms. The molecule has 0 saturated heterocycles. The molecule has 0 radical (unpaired) electrons. The van der Waals surface area contributed by atoms with Crippen LogP contribution in [0.5, 0.6) is 0 Å². The Balaban J connectivity index is 1.59. The van der Waals surface area contributed by atoms with Gasteiger partial charge in [0.2, 0.25) is 5.91 Å². The molecule has 1 saturated carbocycles. The van der Waals surface area contributed by atoms with Crippen molar-refractivity contribution < 1.29 is 18.4 Å². The second kappa shape index (κ2) is 8.04. The molecule has 1 aliphatic carbocycles. The number of halogens is 2. The summed E-state index contributed by atoms with van der Waals surface area (Å²) in [5.41, 5.74) is 1.38. The van der Waals surface area contributed by atoms with Crippen molar-refractivity contribution in [2.24, 2.45) is 5.92 Å². The van der Waals surface area contributed by atoms with Crippen LogP contribution in [-0.4, -0.2) is 21.2 Å². The summed E-state index contributed by atoms with van der Waals surface area (Å²) in [5.74, 6) is -2.17. The predicted molar refractivity (Wildman–Crippen MR) is 104 cm³/mol. The summed E-state index contributed by atoms with van der Waals surface area (Å²) in [6.07, 6.45) is 3.22. The molecule has 2 aromatic heterocycles. The normalized spacial score (nSPS) is 13.2. The highest BCUT2D eigenvalue weighted by atomic mass is 32.1. The number of pyridine rings is 1. The second-order valence-corrected chi connectivity index (χ2v) is 7.41. The molecule has 6 nitrogen and oxygen atoms in total. The first-order valence-corrected chi connectivity index (χ1v) is 9.74. The van der Waals surface area contributed by atoms with E-state index in [0.717, 1.165) is 36.5 Å². The number of aromatic nitrogens is 2. The first-order chi connectivity index (χ1) is 14.0. The van der Waals surface area contributed by atoms with Crippen LogP contribution in [0.25, 0.3) is 11.4 Å². The largest absolute Gasteiger partial charge is 0.347 e. The third kappa shape index (κ3) is 4.29. The van der Waals surface area contributed by atoms with Gasteiger partial charge in [0, 0.05) is 30.3 Å². The molecule has 3 aromatic rings. The van der Waals surface area contributed by atoms with Crippen LogP contribution in [0.4, 0.5) is 14.5 Å². The molecule has 1 aliphatic rings. The Kier molecular flexibility index (Phi) is 5.30. The van der Waals surface area contributed by atoms with E-state index >= 15 is 0 Å². The Hall–Kier alpha value is -3.20. The van der Waals surface area contributed by atoms with Crippen LogP contribution in [-0.2, 0) is 11.3 Å². The van der Waals surface area contributed by atoms with E-state index in [-0.39, 0.29) is 28.8 Å². The van der Waals surface area contributed by atoms with Crippen molar-refractivity contribution in [2.45, 2.75) is 19.4 Å². The molecule has 2 heterocycles. The lowest BCUT2D eigenvalue weighted by Crippen LogP contribution is -2.24. The summed E-state index contributed by atoms with van der Waals surface area (Å²) in [4.78, 5) is 29.5. The minimum absolute atomic E-state index is 0.0595. The van der Waals surface area contributed by atoms with E-state index in [9.17, 15) is 18.4 Å². The lowest BCUT2D eigenvalue weighted by Gasteiger charge is -2.09. The fraction of sp³-hybridized carbons (Fsp3) is 0.200. The van der Waals surface area contributed by atoms with Crippen molar-refractivity contribution in [3.63, 3.8) is 0 Å². The molecule has 0 aliphatic heterocycles. The SMILES string of the molecule is O=C(NCc1ccc(F)cc1F)c1snc(-c2ccccn2)c1NC(=O)C1CC1. The summed E-state index contributed by atoms with van der Waals surface area (Å²) in [6, 6.07) is 8.42. The summed E-state index contributed by atoms with van der Waals surface area (Å²) in [6.45, 7) is -0.127. The molecule has 0 bridgehead atoms. The Labute approximate surface area is 169 Å². The van der Waals surface area contributed by atoms with Crippen LogP contribution >= 0.6 is 11.5 Å². The number of nitrogens with one attached hydrogen (secondary N) is 2. The number of amides is 2. The second-order valence-electron chi connectivity index (χ2n) is 6.63. The summed E-state index contributed by atoms with van der Waals surface area (Å²) >= 11 is 0.924. The third-order valence-electron chi connectivity index (χ3n) is 4.46. The van der Waals surface area contributed by atoms with Gasteiger partial charge in [-0.15, -0.1) is 0 Å². The van der Waals surface area contributed by atoms with E-state index in [1.54, 1.807) is 24.4 Å². The molecule has 2 N–H and O–H groups in total. The van der Waals surface area contributed by atoms with Gasteiger partial charge in [-0.05, 0) is 42.6 Å². The molecule has 29 heavy (non-hydrogen) atoms. The van der Waals surface area contributed by atoms with Gasteiger partial charge in [-0.3, -0.25) is 14.6 Å². The van der Waals surface area contributed by atoms with Gasteiger partial charge in [0.15, 0.2) is 0 Å². The zero-order chi connectivity index (χ0) is 20.4. The molecular weight excluding hydrogens is 398 g/mol. The maximum Gasteiger partial charge on any atom is 0.265 e. The van der Waals surface area contributed by atoms with Gasteiger partial charge in [0.1, 0.15) is 22.2 Å². The van der Waals surface area contributed by atoms with Crippen molar-refractivity contribution in [1.82, 2.24) is 14.7 Å². The Bertz CT molecular complexity index is 1070. The number of carbonyl (C=O) groups excluding carboxylic acids is 2. The van der Waals surface area contributed by atoms with Gasteiger partial charge >= 0.3 is 0 Å². The molecule has 0 spiro atoms. The van der Waals surface area contributed by atoms with E-state index in [0.29, 0.717) is 17.1 Å². The quantitative estimate of drug-likeness (QED) is 0.643. The van der Waals surface area contributed by atoms with Crippen LogP contribution in [0.1, 0.15) is 28.1 Å². The highest BCUT2D eigenvalue weighted by Crippen LogP contribution is 2.35. The van der Waals surface area contributed by atoms with Crippen molar-refractivity contribution >= 4 is 29.0 Å². The molecule has 148 valence electrons. The fourth-order valence-corrected chi connectivity index (χ4v) is 3.49. The maximum absolute atomic E-state index is 13.8. The lowest BCUT2D eigenvalue weighted by molar-refractivity contribution is -0.117. The lowest BCUT2D eigenvalue weighted by atomic mass is 10.2. The highest BCUT2D eigenvalue weighted by Gasteiger charge is 2.32. The minimum atomic E-state index is -0.744. The number of hydrogen-bond donors (Lipinski definition) is 2. The minimum Gasteiger partial charge on any atom is -0.347 e. The van der Waals surface area contributed by atoms with E-state index < -0.39 is 17.5 Å². The molecule has 4 rings (SSSR count). The van der Waals surface area contributed by atoms with Crippen LogP contribution < -0.4 is 10.6 Å². The first-order valence-electron chi connectivity index (χ1n) is 8.97. The van der Waals surface area contributed by atoms with Crippen molar-refractivity contribution in [2.75, 3.05) is 5.32 Å². The predicted octanol–water partition coefficient (Wildman–Crippen LogP) is 3.76. The van der Waals surface area contributed by atoms with Crippen LogP contribution in [0.15, 0.2) is 42.6 Å². The average molecular weight is 414 g/mol. The molecule has 2 amide bonds. The monoisotopic (exact) mass is 414 g/mol.